The summed E-state index contributed by atoms with van der Waals surface area (Å²) >= 11 is 0. The van der Waals surface area contributed by atoms with Crippen LogP contribution < -0.4 is 10.2 Å². The van der Waals surface area contributed by atoms with Crippen LogP contribution in [0.15, 0.2) is 23.2 Å². The zero-order chi connectivity index (χ0) is 14.7. The van der Waals surface area contributed by atoms with Gasteiger partial charge in [-0.05, 0) is 24.1 Å². The molecule has 22 heavy (non-hydrogen) atoms. The molecule has 1 N–H and O–H groups in total. The Morgan fingerprint density at radius 3 is 2.68 bits per heavy atom. The number of ether oxygens (including phenoxy) is 1. The highest BCUT2D eigenvalue weighted by Gasteiger charge is 2.16. The van der Waals surface area contributed by atoms with Gasteiger partial charge in [-0.2, -0.15) is 0 Å². The van der Waals surface area contributed by atoms with Gasteiger partial charge in [0.25, 0.3) is 0 Å². The van der Waals surface area contributed by atoms with Gasteiger partial charge in [-0.15, -0.1) is 24.0 Å². The Bertz CT molecular complexity index is 529. The average molecular weight is 416 g/mol. The number of aliphatic imine (C=N–C) groups is 1. The number of benzene rings is 1. The second-order valence-corrected chi connectivity index (χ2v) is 5.71. The van der Waals surface area contributed by atoms with Crippen LogP contribution in [0.1, 0.15) is 11.1 Å². The normalized spacial score (nSPS) is 18.0. The number of halogens is 1. The lowest BCUT2D eigenvalue weighted by Gasteiger charge is -2.31. The Morgan fingerprint density at radius 1 is 1.23 bits per heavy atom. The molecular formula is C16H25IN4O. The molecule has 0 atom stereocenters. The Kier molecular flexibility index (Phi) is 6.31. The fraction of sp³-hybridized carbons (Fsp3) is 0.562. The summed E-state index contributed by atoms with van der Waals surface area (Å²) in [4.78, 5) is 9.08. The van der Waals surface area contributed by atoms with Crippen molar-refractivity contribution in [3.63, 3.8) is 0 Å². The highest BCUT2D eigenvalue weighted by Crippen LogP contribution is 2.23. The molecule has 3 rings (SSSR count). The lowest BCUT2D eigenvalue weighted by atomic mass is 10.1. The van der Waals surface area contributed by atoms with Crippen LogP contribution in [0.3, 0.4) is 0 Å². The number of likely N-dealkylation sites (N-methyl/N-ethyl adjacent to an activating group) is 1. The molecule has 2 aliphatic rings. The number of nitrogens with one attached hydrogen (secondary N) is 1. The van der Waals surface area contributed by atoms with Gasteiger partial charge in [0, 0.05) is 38.9 Å². The molecule has 6 heteroatoms. The van der Waals surface area contributed by atoms with Crippen LogP contribution >= 0.6 is 24.0 Å². The van der Waals surface area contributed by atoms with Crippen molar-refractivity contribution in [2.45, 2.75) is 13.5 Å². The van der Waals surface area contributed by atoms with E-state index in [1.165, 1.54) is 16.8 Å². The van der Waals surface area contributed by atoms with Gasteiger partial charge in [-0.25, -0.2) is 0 Å². The van der Waals surface area contributed by atoms with E-state index >= 15 is 0 Å². The molecule has 5 nitrogen and oxygen atoms in total. The quantitative estimate of drug-likeness (QED) is 0.764. The van der Waals surface area contributed by atoms with Crippen LogP contribution in [0, 0.1) is 6.92 Å². The molecule has 1 aromatic carbocycles. The van der Waals surface area contributed by atoms with Crippen molar-refractivity contribution in [3.8, 4) is 0 Å². The number of guanidine groups is 1. The first kappa shape index (κ1) is 17.3. The second-order valence-electron chi connectivity index (χ2n) is 5.71. The third-order valence-electron chi connectivity index (χ3n) is 4.09. The molecule has 1 aromatic rings. The number of morpholine rings is 1. The minimum Gasteiger partial charge on any atom is -0.378 e. The minimum absolute atomic E-state index is 0. The highest BCUT2D eigenvalue weighted by atomic mass is 127. The van der Waals surface area contributed by atoms with Gasteiger partial charge in [0.2, 0.25) is 0 Å². The molecule has 2 aliphatic heterocycles. The molecule has 2 heterocycles. The van der Waals surface area contributed by atoms with Crippen molar-refractivity contribution in [3.05, 3.63) is 29.3 Å². The van der Waals surface area contributed by atoms with Crippen molar-refractivity contribution in [1.82, 2.24) is 10.2 Å². The summed E-state index contributed by atoms with van der Waals surface area (Å²) in [6.45, 7) is 8.43. The van der Waals surface area contributed by atoms with Gasteiger partial charge in [-0.1, -0.05) is 12.1 Å². The molecular weight excluding hydrogens is 391 g/mol. The van der Waals surface area contributed by atoms with Gasteiger partial charge in [0.1, 0.15) is 0 Å². The monoisotopic (exact) mass is 416 g/mol. The third-order valence-corrected chi connectivity index (χ3v) is 4.09. The fourth-order valence-electron chi connectivity index (χ4n) is 2.82. The maximum atomic E-state index is 5.46. The molecule has 0 aliphatic carbocycles. The predicted octanol–water partition coefficient (Wildman–Crippen LogP) is 1.84. The Hall–Kier alpha value is -1.02. The van der Waals surface area contributed by atoms with Gasteiger partial charge < -0.3 is 19.9 Å². The topological polar surface area (TPSA) is 40.1 Å². The lowest BCUT2D eigenvalue weighted by molar-refractivity contribution is 0.122. The third kappa shape index (κ3) is 4.04. The Labute approximate surface area is 149 Å². The van der Waals surface area contributed by atoms with Crippen molar-refractivity contribution < 1.29 is 4.74 Å². The van der Waals surface area contributed by atoms with E-state index in [-0.39, 0.29) is 24.0 Å². The average Bonchev–Trinajstić information content (AvgIpc) is 2.92. The van der Waals surface area contributed by atoms with E-state index in [1.54, 1.807) is 0 Å². The molecule has 0 bridgehead atoms. The zero-order valence-electron chi connectivity index (χ0n) is 13.3. The van der Waals surface area contributed by atoms with Crippen LogP contribution in [0.4, 0.5) is 5.69 Å². The van der Waals surface area contributed by atoms with Crippen LogP contribution in [-0.2, 0) is 11.3 Å². The highest BCUT2D eigenvalue weighted by molar-refractivity contribution is 14.0. The maximum absolute atomic E-state index is 5.46. The summed E-state index contributed by atoms with van der Waals surface area (Å²) in [7, 11) is 2.08. The van der Waals surface area contributed by atoms with E-state index in [0.717, 1.165) is 51.9 Å². The summed E-state index contributed by atoms with van der Waals surface area (Å²) in [5, 5.41) is 3.46. The van der Waals surface area contributed by atoms with Gasteiger partial charge in [0.05, 0.1) is 19.8 Å². The summed E-state index contributed by atoms with van der Waals surface area (Å²) in [5.41, 5.74) is 3.95. The number of hydrogen-bond acceptors (Lipinski definition) is 5. The molecule has 1 saturated heterocycles. The predicted molar refractivity (Wildman–Crippen MR) is 101 cm³/mol. The van der Waals surface area contributed by atoms with Crippen LogP contribution in [0.25, 0.3) is 0 Å². The lowest BCUT2D eigenvalue weighted by Crippen LogP contribution is -2.38. The molecule has 0 amide bonds. The first-order valence-corrected chi connectivity index (χ1v) is 7.66. The van der Waals surface area contributed by atoms with Crippen molar-refractivity contribution in [2.75, 3.05) is 51.3 Å². The first-order valence-electron chi connectivity index (χ1n) is 7.66. The molecule has 1 fully saturated rings. The standard InChI is InChI=1S/C16H24N4O.HI/c1-13-3-4-14(12-18-16-17-5-6-19(16)2)15(11-13)20-7-9-21-10-8-20;/h3-4,11H,5-10,12H2,1-2H3,(H,17,18);1H. The van der Waals surface area contributed by atoms with Crippen LogP contribution in [0.2, 0.25) is 0 Å². The summed E-state index contributed by atoms with van der Waals surface area (Å²) in [6.07, 6.45) is 0. The van der Waals surface area contributed by atoms with Gasteiger partial charge in [0.15, 0.2) is 5.96 Å². The van der Waals surface area contributed by atoms with E-state index in [0.29, 0.717) is 0 Å². The van der Waals surface area contributed by atoms with E-state index in [2.05, 4.69) is 52.3 Å². The smallest absolute Gasteiger partial charge is 0.194 e. The van der Waals surface area contributed by atoms with E-state index in [9.17, 15) is 0 Å². The molecule has 0 spiro atoms. The zero-order valence-corrected chi connectivity index (χ0v) is 15.7. The summed E-state index contributed by atoms with van der Waals surface area (Å²) < 4.78 is 5.46. The van der Waals surface area contributed by atoms with Crippen LogP contribution in [-0.4, -0.2) is 57.3 Å². The second kappa shape index (κ2) is 8.01. The first-order chi connectivity index (χ1) is 10.2. The number of aryl methyl sites for hydroxylation is 1. The number of anilines is 1. The van der Waals surface area contributed by atoms with Gasteiger partial charge in [-0.3, -0.25) is 4.99 Å². The SMILES string of the molecule is Cc1ccc(CNC2=NCCN2C)c(N2CCOCC2)c1.I. The summed E-state index contributed by atoms with van der Waals surface area (Å²) in [5.74, 6) is 1.00. The maximum Gasteiger partial charge on any atom is 0.194 e. The van der Waals surface area contributed by atoms with Crippen molar-refractivity contribution >= 4 is 35.6 Å². The minimum atomic E-state index is 0. The Morgan fingerprint density at radius 2 is 2.00 bits per heavy atom. The molecule has 122 valence electrons. The number of rotatable bonds is 3. The molecule has 0 aromatic heterocycles. The summed E-state index contributed by atoms with van der Waals surface area (Å²) in [6, 6.07) is 6.69. The fourth-order valence-corrected chi connectivity index (χ4v) is 2.82. The van der Waals surface area contributed by atoms with Crippen molar-refractivity contribution in [2.24, 2.45) is 4.99 Å². The molecule has 0 radical (unpaired) electrons. The molecule has 0 saturated carbocycles. The van der Waals surface area contributed by atoms with E-state index in [4.69, 9.17) is 4.74 Å². The van der Waals surface area contributed by atoms with Gasteiger partial charge >= 0.3 is 0 Å². The Balaban J connectivity index is 0.00000176. The molecule has 0 unspecified atom stereocenters. The van der Waals surface area contributed by atoms with Crippen LogP contribution in [0.5, 0.6) is 0 Å². The van der Waals surface area contributed by atoms with Crippen molar-refractivity contribution in [1.29, 1.82) is 0 Å². The largest absolute Gasteiger partial charge is 0.378 e. The van der Waals surface area contributed by atoms with E-state index in [1.807, 2.05) is 0 Å². The number of nitrogens with zero attached hydrogens (tertiary/aromatic N) is 3. The number of hydrogen-bond donors (Lipinski definition) is 1. The van der Waals surface area contributed by atoms with E-state index < -0.39 is 0 Å².